The lowest BCUT2D eigenvalue weighted by Crippen LogP contribution is -2.51. The standard InChI is InChI=1S/C13H26N4O2/c1-14-6-4-5-12(18)17-9-7-16(8-10-17)11-13(19)15(2)3/h14H,4-11H2,1-3H3. The summed E-state index contributed by atoms with van der Waals surface area (Å²) >= 11 is 0. The summed E-state index contributed by atoms with van der Waals surface area (Å²) in [6, 6.07) is 0. The summed E-state index contributed by atoms with van der Waals surface area (Å²) in [7, 11) is 5.43. The fourth-order valence-corrected chi connectivity index (χ4v) is 2.06. The van der Waals surface area contributed by atoms with Crippen LogP contribution in [0.15, 0.2) is 0 Å². The van der Waals surface area contributed by atoms with E-state index in [0.29, 0.717) is 13.0 Å². The Morgan fingerprint density at radius 3 is 2.32 bits per heavy atom. The number of hydrogen-bond donors (Lipinski definition) is 1. The zero-order valence-electron chi connectivity index (χ0n) is 12.3. The summed E-state index contributed by atoms with van der Waals surface area (Å²) in [5, 5.41) is 3.04. The van der Waals surface area contributed by atoms with Crippen LogP contribution in [0.5, 0.6) is 0 Å². The molecule has 0 aromatic heterocycles. The van der Waals surface area contributed by atoms with Crippen LogP contribution in [0.1, 0.15) is 12.8 Å². The van der Waals surface area contributed by atoms with Gasteiger partial charge in [0, 0.05) is 46.7 Å². The minimum absolute atomic E-state index is 0.119. The maximum Gasteiger partial charge on any atom is 0.236 e. The van der Waals surface area contributed by atoms with Gasteiger partial charge < -0.3 is 15.1 Å². The molecule has 0 aromatic rings. The van der Waals surface area contributed by atoms with Crippen molar-refractivity contribution in [2.24, 2.45) is 0 Å². The molecule has 2 amide bonds. The summed E-state index contributed by atoms with van der Waals surface area (Å²) in [6.45, 7) is 4.38. The first-order valence-corrected chi connectivity index (χ1v) is 6.89. The van der Waals surface area contributed by atoms with Crippen LogP contribution in [0.3, 0.4) is 0 Å². The second-order valence-electron chi connectivity index (χ2n) is 5.15. The van der Waals surface area contributed by atoms with E-state index in [1.54, 1.807) is 19.0 Å². The molecule has 0 radical (unpaired) electrons. The van der Waals surface area contributed by atoms with Gasteiger partial charge in [0.05, 0.1) is 6.54 Å². The molecule has 6 heteroatoms. The van der Waals surface area contributed by atoms with E-state index < -0.39 is 0 Å². The van der Waals surface area contributed by atoms with Crippen LogP contribution in [0.4, 0.5) is 0 Å². The summed E-state index contributed by atoms with van der Waals surface area (Å²) in [4.78, 5) is 29.1. The van der Waals surface area contributed by atoms with Crippen molar-refractivity contribution in [1.29, 1.82) is 0 Å². The topological polar surface area (TPSA) is 55.9 Å². The minimum Gasteiger partial charge on any atom is -0.348 e. The number of piperazine rings is 1. The Kier molecular flexibility index (Phi) is 6.80. The van der Waals surface area contributed by atoms with Gasteiger partial charge in [-0.05, 0) is 20.0 Å². The quantitative estimate of drug-likeness (QED) is 0.643. The zero-order chi connectivity index (χ0) is 14.3. The third-order valence-electron chi connectivity index (χ3n) is 3.40. The van der Waals surface area contributed by atoms with Crippen LogP contribution in [0.2, 0.25) is 0 Å². The van der Waals surface area contributed by atoms with E-state index >= 15 is 0 Å². The second kappa shape index (κ2) is 8.12. The van der Waals surface area contributed by atoms with Crippen LogP contribution >= 0.6 is 0 Å². The number of nitrogens with one attached hydrogen (secondary N) is 1. The third kappa shape index (κ3) is 5.57. The Balaban J connectivity index is 2.24. The predicted octanol–water partition coefficient (Wildman–Crippen LogP) is -0.782. The van der Waals surface area contributed by atoms with Gasteiger partial charge in [0.1, 0.15) is 0 Å². The van der Waals surface area contributed by atoms with Gasteiger partial charge >= 0.3 is 0 Å². The molecule has 1 aliphatic heterocycles. The Labute approximate surface area is 115 Å². The molecule has 6 nitrogen and oxygen atoms in total. The molecular weight excluding hydrogens is 244 g/mol. The zero-order valence-corrected chi connectivity index (χ0v) is 12.3. The molecule has 110 valence electrons. The molecule has 0 saturated carbocycles. The van der Waals surface area contributed by atoms with Gasteiger partial charge in [-0.3, -0.25) is 14.5 Å². The van der Waals surface area contributed by atoms with Crippen molar-refractivity contribution in [3.63, 3.8) is 0 Å². The molecule has 1 aliphatic rings. The highest BCUT2D eigenvalue weighted by molar-refractivity contribution is 5.78. The molecule has 19 heavy (non-hydrogen) atoms. The highest BCUT2D eigenvalue weighted by Crippen LogP contribution is 2.05. The molecule has 0 unspecified atom stereocenters. The molecule has 0 aromatic carbocycles. The van der Waals surface area contributed by atoms with E-state index in [1.807, 2.05) is 11.9 Å². The Hall–Kier alpha value is -1.14. The fraction of sp³-hybridized carbons (Fsp3) is 0.846. The molecule has 1 saturated heterocycles. The van der Waals surface area contributed by atoms with E-state index in [9.17, 15) is 9.59 Å². The van der Waals surface area contributed by atoms with Crippen LogP contribution in [0, 0.1) is 0 Å². The lowest BCUT2D eigenvalue weighted by molar-refractivity contribution is -0.134. The summed E-state index contributed by atoms with van der Waals surface area (Å²) < 4.78 is 0. The van der Waals surface area contributed by atoms with Crippen LogP contribution < -0.4 is 5.32 Å². The molecule has 0 aliphatic carbocycles. The van der Waals surface area contributed by atoms with E-state index in [1.165, 1.54) is 0 Å². The first-order chi connectivity index (χ1) is 9.04. The van der Waals surface area contributed by atoms with Gasteiger partial charge in [-0.2, -0.15) is 0 Å². The molecule has 0 bridgehead atoms. The van der Waals surface area contributed by atoms with E-state index in [4.69, 9.17) is 0 Å². The molecular formula is C13H26N4O2. The molecule has 1 fully saturated rings. The third-order valence-corrected chi connectivity index (χ3v) is 3.40. The SMILES string of the molecule is CNCCCC(=O)N1CCN(CC(=O)N(C)C)CC1. The molecule has 0 atom stereocenters. The van der Waals surface area contributed by atoms with Crippen molar-refractivity contribution in [1.82, 2.24) is 20.0 Å². The normalized spacial score (nSPS) is 16.5. The van der Waals surface area contributed by atoms with E-state index in [2.05, 4.69) is 10.2 Å². The maximum absolute atomic E-state index is 11.9. The van der Waals surface area contributed by atoms with Crippen LogP contribution in [-0.2, 0) is 9.59 Å². The minimum atomic E-state index is 0.119. The number of likely N-dealkylation sites (N-methyl/N-ethyl adjacent to an activating group) is 1. The second-order valence-corrected chi connectivity index (χ2v) is 5.15. The van der Waals surface area contributed by atoms with E-state index in [-0.39, 0.29) is 11.8 Å². The Bertz CT molecular complexity index is 299. The van der Waals surface area contributed by atoms with E-state index in [0.717, 1.165) is 39.1 Å². The van der Waals surface area contributed by atoms with Gasteiger partial charge in [-0.1, -0.05) is 0 Å². The Morgan fingerprint density at radius 1 is 1.16 bits per heavy atom. The molecule has 1 rings (SSSR count). The first-order valence-electron chi connectivity index (χ1n) is 6.89. The van der Waals surface area contributed by atoms with Crippen LogP contribution in [-0.4, -0.2) is 86.9 Å². The number of hydrogen-bond acceptors (Lipinski definition) is 4. The van der Waals surface area contributed by atoms with Crippen molar-refractivity contribution in [3.8, 4) is 0 Å². The molecule has 1 heterocycles. The highest BCUT2D eigenvalue weighted by atomic mass is 16.2. The van der Waals surface area contributed by atoms with Gasteiger partial charge in [0.2, 0.25) is 11.8 Å². The predicted molar refractivity (Wildman–Crippen MR) is 74.9 cm³/mol. The average Bonchev–Trinajstić information content (AvgIpc) is 2.39. The molecule has 0 spiro atoms. The number of amides is 2. The maximum atomic E-state index is 11.9. The molecule has 1 N–H and O–H groups in total. The van der Waals surface area contributed by atoms with Gasteiger partial charge in [-0.25, -0.2) is 0 Å². The number of rotatable bonds is 6. The fourth-order valence-electron chi connectivity index (χ4n) is 2.06. The monoisotopic (exact) mass is 270 g/mol. The highest BCUT2D eigenvalue weighted by Gasteiger charge is 2.22. The van der Waals surface area contributed by atoms with Crippen LogP contribution in [0.25, 0.3) is 0 Å². The summed E-state index contributed by atoms with van der Waals surface area (Å²) in [5.74, 6) is 0.350. The van der Waals surface area contributed by atoms with Crippen molar-refractivity contribution in [3.05, 3.63) is 0 Å². The lowest BCUT2D eigenvalue weighted by Gasteiger charge is -2.34. The van der Waals surface area contributed by atoms with Crippen molar-refractivity contribution < 1.29 is 9.59 Å². The largest absolute Gasteiger partial charge is 0.348 e. The number of carbonyl (C=O) groups excluding carboxylic acids is 2. The van der Waals surface area contributed by atoms with Crippen molar-refractivity contribution in [2.75, 3.05) is 60.4 Å². The Morgan fingerprint density at radius 2 is 1.79 bits per heavy atom. The number of carbonyl (C=O) groups is 2. The first kappa shape index (κ1) is 15.9. The van der Waals surface area contributed by atoms with Crippen molar-refractivity contribution >= 4 is 11.8 Å². The summed E-state index contributed by atoms with van der Waals surface area (Å²) in [6.07, 6.45) is 1.49. The summed E-state index contributed by atoms with van der Waals surface area (Å²) in [5.41, 5.74) is 0. The number of nitrogens with zero attached hydrogens (tertiary/aromatic N) is 3. The average molecular weight is 270 g/mol. The van der Waals surface area contributed by atoms with Gasteiger partial charge in [-0.15, -0.1) is 0 Å². The van der Waals surface area contributed by atoms with Crippen molar-refractivity contribution in [2.45, 2.75) is 12.8 Å². The smallest absolute Gasteiger partial charge is 0.236 e. The van der Waals surface area contributed by atoms with Gasteiger partial charge in [0.25, 0.3) is 0 Å². The lowest BCUT2D eigenvalue weighted by atomic mass is 10.2. The van der Waals surface area contributed by atoms with Gasteiger partial charge in [0.15, 0.2) is 0 Å².